The van der Waals surface area contributed by atoms with Crippen LogP contribution in [0.2, 0.25) is 0 Å². The summed E-state index contributed by atoms with van der Waals surface area (Å²) in [4.78, 5) is 21.5. The van der Waals surface area contributed by atoms with Crippen LogP contribution in [-0.4, -0.2) is 71.7 Å². The number of hydrogen-bond donors (Lipinski definition) is 0. The Bertz CT molecular complexity index is 1030. The lowest BCUT2D eigenvalue weighted by Gasteiger charge is -2.40. The van der Waals surface area contributed by atoms with Gasteiger partial charge in [0.2, 0.25) is 5.89 Å². The van der Waals surface area contributed by atoms with E-state index in [4.69, 9.17) is 9.26 Å². The van der Waals surface area contributed by atoms with Gasteiger partial charge in [-0.3, -0.25) is 0 Å². The average Bonchev–Trinajstić information content (AvgIpc) is 3.55. The van der Waals surface area contributed by atoms with Gasteiger partial charge in [0.25, 0.3) is 0 Å². The molecule has 2 aromatic rings. The summed E-state index contributed by atoms with van der Waals surface area (Å²) in [5.41, 5.74) is 1.23. The van der Waals surface area contributed by atoms with Gasteiger partial charge >= 0.3 is 12.4 Å². The van der Waals surface area contributed by atoms with E-state index in [9.17, 15) is 18.0 Å². The average molecular weight is 480 g/mol. The Morgan fingerprint density at radius 3 is 2.50 bits per heavy atom. The van der Waals surface area contributed by atoms with Gasteiger partial charge < -0.3 is 23.8 Å². The highest BCUT2D eigenvalue weighted by atomic mass is 19.4. The second-order valence-corrected chi connectivity index (χ2v) is 9.25. The van der Waals surface area contributed by atoms with E-state index >= 15 is 0 Å². The number of benzene rings is 1. The lowest BCUT2D eigenvalue weighted by Crippen LogP contribution is -2.52. The van der Waals surface area contributed by atoms with Crippen molar-refractivity contribution in [1.82, 2.24) is 19.9 Å². The molecule has 3 heterocycles. The topological polar surface area (TPSA) is 80.9 Å². The first-order valence-corrected chi connectivity index (χ1v) is 11.6. The van der Waals surface area contributed by atoms with Crippen molar-refractivity contribution < 1.29 is 32.0 Å². The first-order chi connectivity index (χ1) is 16.3. The van der Waals surface area contributed by atoms with Gasteiger partial charge in [0, 0.05) is 38.0 Å². The molecule has 2 unspecified atom stereocenters. The standard InChI is InChI=1S/C23H27F3N4O4/c1-14-10-16(4-5-19(14)33-23(24,25)26)17-11-18(21-27-20(28-34-21)15-2-3-15)13-30(12-17)22(31)29-6-8-32-9-7-29/h4-5,10,15,17-18H,2-3,6-9,11-13H2,1H3. The molecule has 1 aromatic carbocycles. The molecule has 3 aliphatic rings. The summed E-state index contributed by atoms with van der Waals surface area (Å²) < 4.78 is 53.1. The Labute approximate surface area is 195 Å². The Hall–Kier alpha value is -2.82. The van der Waals surface area contributed by atoms with Crippen LogP contribution in [0.3, 0.4) is 0 Å². The second-order valence-electron chi connectivity index (χ2n) is 9.25. The van der Waals surface area contributed by atoms with E-state index in [0.29, 0.717) is 69.0 Å². The molecule has 0 N–H and O–H groups in total. The fourth-order valence-corrected chi connectivity index (χ4v) is 4.72. The minimum atomic E-state index is -4.75. The number of ether oxygens (including phenoxy) is 2. The van der Waals surface area contributed by atoms with Gasteiger partial charge in [-0.05, 0) is 43.4 Å². The Morgan fingerprint density at radius 2 is 1.82 bits per heavy atom. The van der Waals surface area contributed by atoms with Gasteiger partial charge in [-0.15, -0.1) is 13.2 Å². The highest BCUT2D eigenvalue weighted by Gasteiger charge is 2.38. The molecule has 0 radical (unpaired) electrons. The number of aryl methyl sites for hydroxylation is 1. The zero-order valence-electron chi connectivity index (χ0n) is 18.9. The second kappa shape index (κ2) is 9.09. The number of amides is 2. The van der Waals surface area contributed by atoms with Gasteiger partial charge in [-0.2, -0.15) is 4.98 Å². The molecular formula is C23H27F3N4O4. The van der Waals surface area contributed by atoms with E-state index in [0.717, 1.165) is 18.4 Å². The number of urea groups is 1. The molecule has 5 rings (SSSR count). The molecule has 1 aliphatic carbocycles. The van der Waals surface area contributed by atoms with E-state index in [1.54, 1.807) is 28.9 Å². The molecule has 2 amide bonds. The van der Waals surface area contributed by atoms with Crippen LogP contribution in [0, 0.1) is 6.92 Å². The summed E-state index contributed by atoms with van der Waals surface area (Å²) >= 11 is 0. The summed E-state index contributed by atoms with van der Waals surface area (Å²) in [5.74, 6) is 1.10. The predicted octanol–water partition coefficient (Wildman–Crippen LogP) is 4.18. The van der Waals surface area contributed by atoms with Gasteiger partial charge in [-0.1, -0.05) is 17.3 Å². The Kier molecular flexibility index (Phi) is 6.13. The van der Waals surface area contributed by atoms with Crippen LogP contribution in [0.15, 0.2) is 22.7 Å². The third kappa shape index (κ3) is 5.13. The van der Waals surface area contributed by atoms with E-state index in [2.05, 4.69) is 14.9 Å². The van der Waals surface area contributed by atoms with Crippen molar-refractivity contribution in [3.05, 3.63) is 41.0 Å². The monoisotopic (exact) mass is 480 g/mol. The first kappa shape index (κ1) is 22.9. The Morgan fingerprint density at radius 1 is 1.09 bits per heavy atom. The highest BCUT2D eigenvalue weighted by Crippen LogP contribution is 2.41. The van der Waals surface area contributed by atoms with Crippen LogP contribution in [0.1, 0.15) is 59.9 Å². The quantitative estimate of drug-likeness (QED) is 0.653. The summed E-state index contributed by atoms with van der Waals surface area (Å²) in [7, 11) is 0. The molecule has 1 saturated carbocycles. The Balaban J connectivity index is 1.39. The normalized spacial score (nSPS) is 23.8. The molecule has 1 aromatic heterocycles. The third-order valence-electron chi connectivity index (χ3n) is 6.65. The maximum Gasteiger partial charge on any atom is 0.573 e. The van der Waals surface area contributed by atoms with Crippen molar-refractivity contribution in [3.8, 4) is 5.75 Å². The summed E-state index contributed by atoms with van der Waals surface area (Å²) in [6, 6.07) is 4.61. The fourth-order valence-electron chi connectivity index (χ4n) is 4.72. The summed E-state index contributed by atoms with van der Waals surface area (Å²) in [6.45, 7) is 4.55. The van der Waals surface area contributed by atoms with E-state index < -0.39 is 6.36 Å². The number of carbonyl (C=O) groups excluding carboxylic acids is 1. The van der Waals surface area contributed by atoms with Crippen LogP contribution >= 0.6 is 0 Å². The lowest BCUT2D eigenvalue weighted by molar-refractivity contribution is -0.274. The number of hydrogen-bond acceptors (Lipinski definition) is 6. The third-order valence-corrected chi connectivity index (χ3v) is 6.65. The summed E-state index contributed by atoms with van der Waals surface area (Å²) in [5, 5.41) is 4.13. The molecule has 0 bridgehead atoms. The molecule has 3 fully saturated rings. The maximum atomic E-state index is 13.3. The van der Waals surface area contributed by atoms with Crippen molar-refractivity contribution >= 4 is 6.03 Å². The van der Waals surface area contributed by atoms with Crippen molar-refractivity contribution in [1.29, 1.82) is 0 Å². The summed E-state index contributed by atoms with van der Waals surface area (Å²) in [6.07, 6.45) is -1.99. The fraction of sp³-hybridized carbons (Fsp3) is 0.609. The van der Waals surface area contributed by atoms with Crippen LogP contribution in [-0.2, 0) is 4.74 Å². The van der Waals surface area contributed by atoms with Crippen molar-refractivity contribution in [3.63, 3.8) is 0 Å². The minimum absolute atomic E-state index is 0.0753. The molecule has 2 aliphatic heterocycles. The predicted molar refractivity (Wildman–Crippen MR) is 114 cm³/mol. The minimum Gasteiger partial charge on any atom is -0.406 e. The number of aromatic nitrogens is 2. The molecular weight excluding hydrogens is 453 g/mol. The van der Waals surface area contributed by atoms with Crippen LogP contribution in [0.5, 0.6) is 5.75 Å². The zero-order chi connectivity index (χ0) is 23.9. The smallest absolute Gasteiger partial charge is 0.406 e. The van der Waals surface area contributed by atoms with Gasteiger partial charge in [-0.25, -0.2) is 4.79 Å². The number of nitrogens with zero attached hydrogens (tertiary/aromatic N) is 4. The maximum absolute atomic E-state index is 13.3. The first-order valence-electron chi connectivity index (χ1n) is 11.6. The van der Waals surface area contributed by atoms with Crippen molar-refractivity contribution in [2.24, 2.45) is 0 Å². The number of morpholine rings is 1. The number of likely N-dealkylation sites (tertiary alicyclic amines) is 1. The van der Waals surface area contributed by atoms with Crippen LogP contribution in [0.25, 0.3) is 0 Å². The van der Waals surface area contributed by atoms with Crippen molar-refractivity contribution in [2.45, 2.75) is 50.3 Å². The number of halogens is 3. The van der Waals surface area contributed by atoms with Gasteiger partial charge in [0.1, 0.15) is 5.75 Å². The largest absolute Gasteiger partial charge is 0.573 e. The molecule has 2 saturated heterocycles. The lowest BCUT2D eigenvalue weighted by atomic mass is 9.84. The van der Waals surface area contributed by atoms with Crippen molar-refractivity contribution in [2.75, 3.05) is 39.4 Å². The highest BCUT2D eigenvalue weighted by molar-refractivity contribution is 5.75. The number of alkyl halides is 3. The van der Waals surface area contributed by atoms with E-state index in [1.807, 2.05) is 0 Å². The number of rotatable bonds is 4. The van der Waals surface area contributed by atoms with Gasteiger partial charge in [0.05, 0.1) is 19.1 Å². The van der Waals surface area contributed by atoms with Gasteiger partial charge in [0.15, 0.2) is 5.82 Å². The molecule has 2 atom stereocenters. The van der Waals surface area contributed by atoms with E-state index in [1.165, 1.54) is 6.07 Å². The molecule has 184 valence electrons. The van der Waals surface area contributed by atoms with E-state index in [-0.39, 0.29) is 23.6 Å². The van der Waals surface area contributed by atoms with Crippen LogP contribution < -0.4 is 4.74 Å². The molecule has 0 spiro atoms. The van der Waals surface area contributed by atoms with Crippen LogP contribution in [0.4, 0.5) is 18.0 Å². The SMILES string of the molecule is Cc1cc(C2CC(c3nc(C4CC4)no3)CN(C(=O)N3CCOCC3)C2)ccc1OC(F)(F)F. The molecule has 11 heteroatoms. The zero-order valence-corrected chi connectivity index (χ0v) is 18.9. The molecule has 34 heavy (non-hydrogen) atoms. The molecule has 8 nitrogen and oxygen atoms in total. The number of piperidine rings is 1. The number of carbonyl (C=O) groups is 1.